The van der Waals surface area contributed by atoms with Crippen molar-refractivity contribution in [1.29, 1.82) is 0 Å². The zero-order valence-corrected chi connectivity index (χ0v) is 11.6. The summed E-state index contributed by atoms with van der Waals surface area (Å²) in [6, 6.07) is 5.75. The Morgan fingerprint density at radius 2 is 2.20 bits per heavy atom. The smallest absolute Gasteiger partial charge is 0.409 e. The first-order chi connectivity index (χ1) is 9.56. The van der Waals surface area contributed by atoms with Gasteiger partial charge in [0.05, 0.1) is 0 Å². The van der Waals surface area contributed by atoms with E-state index in [0.717, 1.165) is 25.7 Å². The molecule has 0 heterocycles. The van der Waals surface area contributed by atoms with Gasteiger partial charge in [0.15, 0.2) is 0 Å². The van der Waals surface area contributed by atoms with Crippen LogP contribution in [0, 0.1) is 0 Å². The first kappa shape index (κ1) is 14.4. The van der Waals surface area contributed by atoms with Crippen molar-refractivity contribution in [3.05, 3.63) is 29.3 Å². The standard InChI is InChI=1S/C15H20N2O3/c1-10(18)16-8-7-12-4-2-3-11-5-6-13(9-14(11)12)17-15(19)20/h5-6,9,12,17H,2-4,7-8H2,1H3,(H,16,18)(H,19,20). The number of aryl methyl sites for hydroxylation is 1. The molecule has 0 radical (unpaired) electrons. The summed E-state index contributed by atoms with van der Waals surface area (Å²) in [5.74, 6) is 0.378. The third kappa shape index (κ3) is 3.73. The van der Waals surface area contributed by atoms with Gasteiger partial charge in [-0.25, -0.2) is 4.79 Å². The monoisotopic (exact) mass is 276 g/mol. The molecule has 108 valence electrons. The summed E-state index contributed by atoms with van der Waals surface area (Å²) >= 11 is 0. The zero-order valence-electron chi connectivity index (χ0n) is 11.6. The second-order valence-corrected chi connectivity index (χ2v) is 5.20. The van der Waals surface area contributed by atoms with Crippen molar-refractivity contribution >= 4 is 17.7 Å². The van der Waals surface area contributed by atoms with Crippen LogP contribution >= 0.6 is 0 Å². The molecule has 2 amide bonds. The average Bonchev–Trinajstić information content (AvgIpc) is 2.38. The maximum Gasteiger partial charge on any atom is 0.409 e. The molecule has 0 fully saturated rings. The first-order valence-electron chi connectivity index (χ1n) is 6.93. The molecule has 1 aliphatic rings. The Balaban J connectivity index is 2.10. The van der Waals surface area contributed by atoms with E-state index in [9.17, 15) is 9.59 Å². The molecule has 0 saturated carbocycles. The van der Waals surface area contributed by atoms with Gasteiger partial charge < -0.3 is 10.4 Å². The van der Waals surface area contributed by atoms with E-state index in [1.54, 1.807) is 0 Å². The number of anilines is 1. The van der Waals surface area contributed by atoms with Crippen molar-refractivity contribution in [2.75, 3.05) is 11.9 Å². The molecule has 0 aliphatic heterocycles. The number of hydrogen-bond acceptors (Lipinski definition) is 2. The van der Waals surface area contributed by atoms with Crippen molar-refractivity contribution in [2.45, 2.75) is 38.5 Å². The molecule has 3 N–H and O–H groups in total. The van der Waals surface area contributed by atoms with Crippen LogP contribution in [0.1, 0.15) is 43.2 Å². The lowest BCUT2D eigenvalue weighted by atomic mass is 9.81. The number of rotatable bonds is 4. The lowest BCUT2D eigenvalue weighted by Gasteiger charge is -2.26. The van der Waals surface area contributed by atoms with Crippen molar-refractivity contribution in [3.63, 3.8) is 0 Å². The van der Waals surface area contributed by atoms with Crippen LogP contribution in [0.5, 0.6) is 0 Å². The van der Waals surface area contributed by atoms with Crippen molar-refractivity contribution in [2.24, 2.45) is 0 Å². The van der Waals surface area contributed by atoms with E-state index < -0.39 is 6.09 Å². The molecule has 1 aromatic rings. The second kappa shape index (κ2) is 6.41. The van der Waals surface area contributed by atoms with Gasteiger partial charge in [-0.05, 0) is 54.9 Å². The minimum atomic E-state index is -1.05. The molecule has 0 spiro atoms. The molecule has 0 aromatic heterocycles. The summed E-state index contributed by atoms with van der Waals surface area (Å²) < 4.78 is 0. The Morgan fingerprint density at radius 3 is 2.90 bits per heavy atom. The fraction of sp³-hybridized carbons (Fsp3) is 0.467. The summed E-state index contributed by atoms with van der Waals surface area (Å²) in [6.07, 6.45) is 3.12. The van der Waals surface area contributed by atoms with E-state index in [-0.39, 0.29) is 5.91 Å². The van der Waals surface area contributed by atoms with E-state index in [2.05, 4.69) is 10.6 Å². The first-order valence-corrected chi connectivity index (χ1v) is 6.93. The molecule has 0 bridgehead atoms. The second-order valence-electron chi connectivity index (χ2n) is 5.20. The SMILES string of the molecule is CC(=O)NCCC1CCCc2ccc(NC(=O)O)cc21. The molecule has 1 aliphatic carbocycles. The van der Waals surface area contributed by atoms with Crippen molar-refractivity contribution < 1.29 is 14.7 Å². The summed E-state index contributed by atoms with van der Waals surface area (Å²) in [5.41, 5.74) is 3.12. The number of carbonyl (C=O) groups excluding carboxylic acids is 1. The van der Waals surface area contributed by atoms with E-state index >= 15 is 0 Å². The van der Waals surface area contributed by atoms with Crippen molar-refractivity contribution in [3.8, 4) is 0 Å². The normalized spacial score (nSPS) is 17.1. The van der Waals surface area contributed by atoms with Gasteiger partial charge in [0, 0.05) is 19.2 Å². The topological polar surface area (TPSA) is 78.4 Å². The van der Waals surface area contributed by atoms with Crippen molar-refractivity contribution in [1.82, 2.24) is 5.32 Å². The number of hydrogen-bond donors (Lipinski definition) is 3. The molecular weight excluding hydrogens is 256 g/mol. The molecular formula is C15H20N2O3. The van der Waals surface area contributed by atoms with E-state index in [4.69, 9.17) is 5.11 Å². The number of fused-ring (bicyclic) bond motifs is 1. The largest absolute Gasteiger partial charge is 0.465 e. The Bertz CT molecular complexity index is 514. The number of benzene rings is 1. The van der Waals surface area contributed by atoms with Gasteiger partial charge in [0.2, 0.25) is 5.91 Å². The number of carboxylic acid groups (broad SMARTS) is 1. The Kier molecular flexibility index (Phi) is 4.61. The zero-order chi connectivity index (χ0) is 14.5. The molecule has 5 heteroatoms. The number of carbonyl (C=O) groups is 2. The van der Waals surface area contributed by atoms with Crippen LogP contribution in [0.15, 0.2) is 18.2 Å². The lowest BCUT2D eigenvalue weighted by Crippen LogP contribution is -2.23. The minimum absolute atomic E-state index is 0.0117. The third-order valence-corrected chi connectivity index (χ3v) is 3.70. The summed E-state index contributed by atoms with van der Waals surface area (Å²) in [7, 11) is 0. The highest BCUT2D eigenvalue weighted by Crippen LogP contribution is 2.35. The highest BCUT2D eigenvalue weighted by molar-refractivity contribution is 5.83. The van der Waals surface area contributed by atoms with Crippen LogP contribution in [0.25, 0.3) is 0 Å². The molecule has 2 rings (SSSR count). The highest BCUT2D eigenvalue weighted by atomic mass is 16.4. The molecule has 1 atom stereocenters. The Labute approximate surface area is 118 Å². The van der Waals surface area contributed by atoms with Gasteiger partial charge in [0.25, 0.3) is 0 Å². The molecule has 5 nitrogen and oxygen atoms in total. The summed E-state index contributed by atoms with van der Waals surface area (Å²) in [4.78, 5) is 21.6. The fourth-order valence-electron chi connectivity index (χ4n) is 2.82. The minimum Gasteiger partial charge on any atom is -0.465 e. The molecule has 1 aromatic carbocycles. The van der Waals surface area contributed by atoms with E-state index in [1.807, 2.05) is 18.2 Å². The average molecular weight is 276 g/mol. The maximum atomic E-state index is 10.9. The number of amides is 2. The van der Waals surface area contributed by atoms with Gasteiger partial charge in [-0.15, -0.1) is 0 Å². The van der Waals surface area contributed by atoms with Crippen LogP contribution in [-0.4, -0.2) is 23.7 Å². The van der Waals surface area contributed by atoms with E-state index in [0.29, 0.717) is 18.2 Å². The van der Waals surface area contributed by atoms with Crippen LogP contribution < -0.4 is 10.6 Å². The van der Waals surface area contributed by atoms with Gasteiger partial charge in [-0.1, -0.05) is 6.07 Å². The van der Waals surface area contributed by atoms with Gasteiger partial charge in [-0.2, -0.15) is 0 Å². The fourth-order valence-corrected chi connectivity index (χ4v) is 2.82. The van der Waals surface area contributed by atoms with Crippen LogP contribution in [-0.2, 0) is 11.2 Å². The molecule has 20 heavy (non-hydrogen) atoms. The Morgan fingerprint density at radius 1 is 1.40 bits per heavy atom. The van der Waals surface area contributed by atoms with Crippen LogP contribution in [0.2, 0.25) is 0 Å². The third-order valence-electron chi connectivity index (χ3n) is 3.70. The summed E-state index contributed by atoms with van der Waals surface area (Å²) in [5, 5.41) is 14.0. The van der Waals surface area contributed by atoms with Gasteiger partial charge in [-0.3, -0.25) is 10.1 Å². The van der Waals surface area contributed by atoms with Gasteiger partial charge in [0.1, 0.15) is 0 Å². The number of nitrogens with one attached hydrogen (secondary N) is 2. The predicted octanol–water partition coefficient (Wildman–Crippen LogP) is 2.72. The molecule has 1 unspecified atom stereocenters. The van der Waals surface area contributed by atoms with Crippen LogP contribution in [0.4, 0.5) is 10.5 Å². The Hall–Kier alpha value is -2.04. The highest BCUT2D eigenvalue weighted by Gasteiger charge is 2.20. The molecule has 0 saturated heterocycles. The van der Waals surface area contributed by atoms with E-state index in [1.165, 1.54) is 18.1 Å². The predicted molar refractivity (Wildman–Crippen MR) is 77.1 cm³/mol. The van der Waals surface area contributed by atoms with Gasteiger partial charge >= 0.3 is 6.09 Å². The quantitative estimate of drug-likeness (QED) is 0.791. The maximum absolute atomic E-state index is 10.9. The lowest BCUT2D eigenvalue weighted by molar-refractivity contribution is -0.118. The summed E-state index contributed by atoms with van der Waals surface area (Å²) in [6.45, 7) is 2.18. The van der Waals surface area contributed by atoms with Crippen LogP contribution in [0.3, 0.4) is 0 Å².